The van der Waals surface area contributed by atoms with Gasteiger partial charge in [0, 0.05) is 6.42 Å². The standard InChI is InChI=1S/C9H14N3S/c1-3-9-11(5-4-10)6-7-12(9)8-13-2/h6-7H,3,5,8H2,1-2H3/q+1. The number of nitrogens with zero attached hydrogens (tertiary/aromatic N) is 3. The van der Waals surface area contributed by atoms with Crippen LogP contribution in [0.2, 0.25) is 0 Å². The fraction of sp³-hybridized carbons (Fsp3) is 0.556. The summed E-state index contributed by atoms with van der Waals surface area (Å²) in [6.07, 6.45) is 7.05. The molecule has 0 aliphatic heterocycles. The highest BCUT2D eigenvalue weighted by Gasteiger charge is 2.13. The van der Waals surface area contributed by atoms with Gasteiger partial charge in [-0.2, -0.15) is 5.26 Å². The SMILES string of the molecule is CCc1n(CC#N)cc[n+]1CSC. The lowest BCUT2D eigenvalue weighted by atomic mass is 10.4. The first kappa shape index (κ1) is 10.1. The van der Waals surface area contributed by atoms with E-state index in [0.717, 1.165) is 12.3 Å². The number of aromatic nitrogens is 2. The van der Waals surface area contributed by atoms with Gasteiger partial charge in [-0.05, 0) is 6.26 Å². The van der Waals surface area contributed by atoms with E-state index in [1.54, 1.807) is 11.8 Å². The Morgan fingerprint density at radius 2 is 2.46 bits per heavy atom. The molecule has 0 amide bonds. The second-order valence-electron chi connectivity index (χ2n) is 2.74. The summed E-state index contributed by atoms with van der Waals surface area (Å²) in [5.41, 5.74) is 0. The molecule has 0 saturated heterocycles. The van der Waals surface area contributed by atoms with Gasteiger partial charge in [0.25, 0.3) is 5.82 Å². The average molecular weight is 196 g/mol. The third-order valence-corrected chi connectivity index (χ3v) is 2.45. The summed E-state index contributed by atoms with van der Waals surface area (Å²) in [7, 11) is 0. The van der Waals surface area contributed by atoms with E-state index in [4.69, 9.17) is 5.26 Å². The van der Waals surface area contributed by atoms with Gasteiger partial charge in [-0.3, -0.25) is 0 Å². The molecule has 0 unspecified atom stereocenters. The van der Waals surface area contributed by atoms with Gasteiger partial charge in [0.05, 0.1) is 0 Å². The zero-order chi connectivity index (χ0) is 9.68. The van der Waals surface area contributed by atoms with Crippen LogP contribution in [-0.2, 0) is 18.8 Å². The van der Waals surface area contributed by atoms with Crippen LogP contribution in [0, 0.1) is 11.3 Å². The largest absolute Gasteiger partial charge is 0.257 e. The molecule has 1 rings (SSSR count). The quantitative estimate of drug-likeness (QED) is 0.677. The maximum atomic E-state index is 8.59. The molecule has 3 nitrogen and oxygen atoms in total. The van der Waals surface area contributed by atoms with E-state index in [-0.39, 0.29) is 0 Å². The summed E-state index contributed by atoms with van der Waals surface area (Å²) in [6.45, 7) is 2.56. The molecule has 0 aromatic carbocycles. The van der Waals surface area contributed by atoms with Crippen LogP contribution in [0.25, 0.3) is 0 Å². The lowest BCUT2D eigenvalue weighted by molar-refractivity contribution is -0.682. The van der Waals surface area contributed by atoms with E-state index in [2.05, 4.69) is 23.8 Å². The Balaban J connectivity index is 2.90. The Morgan fingerprint density at radius 1 is 1.69 bits per heavy atom. The summed E-state index contributed by atoms with van der Waals surface area (Å²) in [5, 5.41) is 8.59. The van der Waals surface area contributed by atoms with Crippen LogP contribution >= 0.6 is 11.8 Å². The van der Waals surface area contributed by atoms with E-state index < -0.39 is 0 Å². The van der Waals surface area contributed by atoms with Crippen LogP contribution in [0.1, 0.15) is 12.7 Å². The third kappa shape index (κ3) is 2.25. The number of thioether (sulfide) groups is 1. The maximum Gasteiger partial charge on any atom is 0.257 e. The zero-order valence-electron chi connectivity index (χ0n) is 8.03. The predicted octanol–water partition coefficient (Wildman–Crippen LogP) is 1.18. The fourth-order valence-electron chi connectivity index (χ4n) is 1.38. The van der Waals surface area contributed by atoms with Crippen molar-refractivity contribution in [2.24, 2.45) is 0 Å². The second kappa shape index (κ2) is 4.93. The Morgan fingerprint density at radius 3 is 3.00 bits per heavy atom. The molecule has 13 heavy (non-hydrogen) atoms. The molecular formula is C9H14N3S+. The zero-order valence-corrected chi connectivity index (χ0v) is 8.84. The first-order valence-corrected chi connectivity index (χ1v) is 5.66. The fourth-order valence-corrected chi connectivity index (χ4v) is 1.89. The van der Waals surface area contributed by atoms with Gasteiger partial charge in [0.15, 0.2) is 6.54 Å². The van der Waals surface area contributed by atoms with Gasteiger partial charge in [-0.15, -0.1) is 11.8 Å². The number of hydrogen-bond donors (Lipinski definition) is 0. The van der Waals surface area contributed by atoms with E-state index in [9.17, 15) is 0 Å². The Labute approximate surface area is 83.0 Å². The number of imidazole rings is 1. The summed E-state index contributed by atoms with van der Waals surface area (Å²) in [5.74, 6) is 2.18. The monoisotopic (exact) mass is 196 g/mol. The molecule has 4 heteroatoms. The normalized spacial score (nSPS) is 9.92. The van der Waals surface area contributed by atoms with Crippen LogP contribution in [-0.4, -0.2) is 10.8 Å². The van der Waals surface area contributed by atoms with Crippen LogP contribution in [0.5, 0.6) is 0 Å². The minimum atomic E-state index is 0.449. The van der Waals surface area contributed by atoms with Crippen molar-refractivity contribution in [1.82, 2.24) is 4.57 Å². The molecule has 0 N–H and O–H groups in total. The number of hydrogen-bond acceptors (Lipinski definition) is 2. The van der Waals surface area contributed by atoms with Crippen LogP contribution in [0.4, 0.5) is 0 Å². The van der Waals surface area contributed by atoms with Gasteiger partial charge < -0.3 is 0 Å². The highest BCUT2D eigenvalue weighted by molar-refractivity contribution is 7.97. The van der Waals surface area contributed by atoms with Crippen molar-refractivity contribution >= 4 is 11.8 Å². The maximum absolute atomic E-state index is 8.59. The average Bonchev–Trinajstić information content (AvgIpc) is 2.49. The van der Waals surface area contributed by atoms with E-state index in [1.807, 2.05) is 17.0 Å². The van der Waals surface area contributed by atoms with Crippen LogP contribution in [0.3, 0.4) is 0 Å². The Kier molecular flexibility index (Phi) is 3.84. The molecule has 1 aromatic rings. The van der Waals surface area contributed by atoms with Gasteiger partial charge >= 0.3 is 0 Å². The predicted molar refractivity (Wildman–Crippen MR) is 53.1 cm³/mol. The van der Waals surface area contributed by atoms with Crippen molar-refractivity contribution in [3.63, 3.8) is 0 Å². The van der Waals surface area contributed by atoms with Gasteiger partial charge in [0.1, 0.15) is 24.3 Å². The van der Waals surface area contributed by atoms with Crippen molar-refractivity contribution < 1.29 is 4.57 Å². The summed E-state index contributed by atoms with van der Waals surface area (Å²) in [4.78, 5) is 0. The first-order valence-electron chi connectivity index (χ1n) is 4.26. The van der Waals surface area contributed by atoms with Crippen LogP contribution < -0.4 is 4.57 Å². The van der Waals surface area contributed by atoms with Gasteiger partial charge in [-0.25, -0.2) is 9.13 Å². The molecule has 0 spiro atoms. The van der Waals surface area contributed by atoms with Crippen LogP contribution in [0.15, 0.2) is 12.4 Å². The molecule has 0 aliphatic carbocycles. The molecule has 1 heterocycles. The molecule has 0 bridgehead atoms. The van der Waals surface area contributed by atoms with Crippen molar-refractivity contribution in [3.05, 3.63) is 18.2 Å². The molecule has 1 aromatic heterocycles. The number of nitriles is 1. The topological polar surface area (TPSA) is 32.6 Å². The van der Waals surface area contributed by atoms with Crippen molar-refractivity contribution in [1.29, 1.82) is 5.26 Å². The lowest BCUT2D eigenvalue weighted by Crippen LogP contribution is -2.35. The second-order valence-corrected chi connectivity index (χ2v) is 3.58. The van der Waals surface area contributed by atoms with Crippen molar-refractivity contribution in [3.8, 4) is 6.07 Å². The highest BCUT2D eigenvalue weighted by atomic mass is 32.2. The molecule has 0 aliphatic rings. The van der Waals surface area contributed by atoms with E-state index >= 15 is 0 Å². The number of rotatable bonds is 4. The molecular weight excluding hydrogens is 182 g/mol. The van der Waals surface area contributed by atoms with Crippen molar-refractivity contribution in [2.45, 2.75) is 25.8 Å². The van der Waals surface area contributed by atoms with E-state index in [0.29, 0.717) is 6.54 Å². The van der Waals surface area contributed by atoms with Gasteiger partial charge in [0.2, 0.25) is 0 Å². The van der Waals surface area contributed by atoms with Gasteiger partial charge in [-0.1, -0.05) is 6.92 Å². The van der Waals surface area contributed by atoms with Crippen molar-refractivity contribution in [2.75, 3.05) is 6.26 Å². The minimum absolute atomic E-state index is 0.449. The molecule has 0 fully saturated rings. The summed E-state index contributed by atoms with van der Waals surface area (Å²) >= 11 is 1.78. The lowest BCUT2D eigenvalue weighted by Gasteiger charge is -1.98. The smallest absolute Gasteiger partial charge is 0.225 e. The summed E-state index contributed by atoms with van der Waals surface area (Å²) in [6, 6.07) is 2.16. The minimum Gasteiger partial charge on any atom is -0.225 e. The Bertz CT molecular complexity index is 311. The molecule has 0 atom stereocenters. The molecule has 70 valence electrons. The highest BCUT2D eigenvalue weighted by Crippen LogP contribution is 1.99. The molecule has 0 saturated carbocycles. The first-order chi connectivity index (χ1) is 6.33. The third-order valence-electron chi connectivity index (χ3n) is 1.92. The van der Waals surface area contributed by atoms with E-state index in [1.165, 1.54) is 5.82 Å². The summed E-state index contributed by atoms with van der Waals surface area (Å²) < 4.78 is 4.18. The molecule has 0 radical (unpaired) electrons. The Hall–Kier alpha value is -0.950.